The van der Waals surface area contributed by atoms with Crippen LogP contribution in [0.2, 0.25) is 0 Å². The van der Waals surface area contributed by atoms with Gasteiger partial charge in [0.15, 0.2) is 0 Å². The molecule has 0 unspecified atom stereocenters. The molecular formula is C15H15BN4O3. The van der Waals surface area contributed by atoms with Crippen molar-refractivity contribution in [3.05, 3.63) is 54.1 Å². The van der Waals surface area contributed by atoms with E-state index in [2.05, 4.69) is 15.3 Å². The lowest BCUT2D eigenvalue weighted by molar-refractivity contribution is 0.0958. The molecule has 8 heteroatoms. The molecule has 7 nitrogen and oxygen atoms in total. The van der Waals surface area contributed by atoms with Gasteiger partial charge in [0, 0.05) is 13.6 Å². The third kappa shape index (κ3) is 3.08. The molecule has 3 rings (SSSR count). The van der Waals surface area contributed by atoms with Crippen LogP contribution in [0.15, 0.2) is 42.9 Å². The maximum absolute atomic E-state index is 11.7. The number of pyridine rings is 1. The Hall–Kier alpha value is -2.71. The third-order valence-electron chi connectivity index (χ3n) is 3.60. The Morgan fingerprint density at radius 3 is 2.65 bits per heavy atom. The van der Waals surface area contributed by atoms with Gasteiger partial charge in [0.2, 0.25) is 0 Å². The van der Waals surface area contributed by atoms with E-state index < -0.39 is 7.12 Å². The molecule has 0 atom stereocenters. The van der Waals surface area contributed by atoms with E-state index in [1.165, 1.54) is 0 Å². The van der Waals surface area contributed by atoms with Crippen molar-refractivity contribution in [2.75, 3.05) is 7.05 Å². The number of hydrogen-bond donors (Lipinski definition) is 3. The van der Waals surface area contributed by atoms with Gasteiger partial charge in [-0.05, 0) is 17.1 Å². The van der Waals surface area contributed by atoms with Crippen molar-refractivity contribution in [3.8, 4) is 0 Å². The molecule has 2 aromatic heterocycles. The molecule has 0 spiro atoms. The van der Waals surface area contributed by atoms with Crippen LogP contribution in [0.1, 0.15) is 16.1 Å². The average molecular weight is 310 g/mol. The minimum Gasteiger partial charge on any atom is -0.423 e. The van der Waals surface area contributed by atoms with Gasteiger partial charge in [-0.25, -0.2) is 9.97 Å². The van der Waals surface area contributed by atoms with Crippen LogP contribution in [-0.2, 0) is 6.54 Å². The van der Waals surface area contributed by atoms with Crippen LogP contribution in [0.3, 0.4) is 0 Å². The number of fused-ring (bicyclic) bond motifs is 1. The van der Waals surface area contributed by atoms with E-state index in [9.17, 15) is 4.79 Å². The summed E-state index contributed by atoms with van der Waals surface area (Å²) in [5, 5.41) is 20.8. The second kappa shape index (κ2) is 6.19. The second-order valence-corrected chi connectivity index (χ2v) is 5.13. The molecule has 2 heterocycles. The predicted molar refractivity (Wildman–Crippen MR) is 86.3 cm³/mol. The predicted octanol–water partition coefficient (Wildman–Crippen LogP) is -0.481. The zero-order chi connectivity index (χ0) is 16.4. The van der Waals surface area contributed by atoms with Gasteiger partial charge in [-0.1, -0.05) is 24.3 Å². The number of nitrogens with one attached hydrogen (secondary N) is 1. The summed E-state index contributed by atoms with van der Waals surface area (Å²) >= 11 is 0. The molecule has 3 N–H and O–H groups in total. The normalized spacial score (nSPS) is 10.7. The van der Waals surface area contributed by atoms with Crippen LogP contribution in [-0.4, -0.2) is 44.7 Å². The van der Waals surface area contributed by atoms with Gasteiger partial charge in [-0.3, -0.25) is 4.79 Å². The van der Waals surface area contributed by atoms with E-state index >= 15 is 0 Å². The number of hydrogen-bond acceptors (Lipinski definition) is 5. The molecule has 0 bridgehead atoms. The Balaban J connectivity index is 1.91. The van der Waals surface area contributed by atoms with Gasteiger partial charge in [-0.15, -0.1) is 0 Å². The third-order valence-corrected chi connectivity index (χ3v) is 3.60. The summed E-state index contributed by atoms with van der Waals surface area (Å²) in [5.41, 5.74) is 3.27. The van der Waals surface area contributed by atoms with Gasteiger partial charge in [-0.2, -0.15) is 0 Å². The van der Waals surface area contributed by atoms with Crippen LogP contribution in [0.25, 0.3) is 11.0 Å². The Labute approximate surface area is 132 Å². The van der Waals surface area contributed by atoms with Gasteiger partial charge < -0.3 is 19.9 Å². The summed E-state index contributed by atoms with van der Waals surface area (Å²) in [6.07, 6.45) is 3.26. The first-order valence-corrected chi connectivity index (χ1v) is 7.06. The molecule has 0 radical (unpaired) electrons. The first-order valence-electron chi connectivity index (χ1n) is 7.06. The van der Waals surface area contributed by atoms with Gasteiger partial charge in [0.25, 0.3) is 5.91 Å². The Morgan fingerprint density at radius 1 is 1.26 bits per heavy atom. The lowest BCUT2D eigenvalue weighted by atomic mass is 9.80. The fourth-order valence-corrected chi connectivity index (χ4v) is 2.33. The Kier molecular flexibility index (Phi) is 4.09. The first kappa shape index (κ1) is 15.2. The molecule has 0 saturated heterocycles. The molecule has 116 valence electrons. The Morgan fingerprint density at radius 2 is 2.00 bits per heavy atom. The van der Waals surface area contributed by atoms with Crippen LogP contribution >= 0.6 is 0 Å². The standard InChI is InChI=1S/C15H15BN4O3/c1-17-15(21)12-6-14-13(7-18-12)19-9-20(14)8-10-2-4-11(5-3-10)16(22)23/h2-7,9,22-23H,8H2,1H3,(H,17,21). The highest BCUT2D eigenvalue weighted by atomic mass is 16.4. The zero-order valence-corrected chi connectivity index (χ0v) is 12.5. The summed E-state index contributed by atoms with van der Waals surface area (Å²) in [6, 6.07) is 8.67. The summed E-state index contributed by atoms with van der Waals surface area (Å²) < 4.78 is 1.91. The highest BCUT2D eigenvalue weighted by molar-refractivity contribution is 6.58. The smallest absolute Gasteiger partial charge is 0.423 e. The second-order valence-electron chi connectivity index (χ2n) is 5.13. The van der Waals surface area contributed by atoms with Crippen molar-refractivity contribution < 1.29 is 14.8 Å². The van der Waals surface area contributed by atoms with E-state index in [1.807, 2.05) is 16.7 Å². The van der Waals surface area contributed by atoms with Gasteiger partial charge >= 0.3 is 7.12 Å². The van der Waals surface area contributed by atoms with Crippen LogP contribution < -0.4 is 10.8 Å². The minimum atomic E-state index is -1.47. The SMILES string of the molecule is CNC(=O)c1cc2c(cn1)ncn2Cc1ccc(B(O)O)cc1. The summed E-state index contributed by atoms with van der Waals surface area (Å²) in [4.78, 5) is 20.1. The first-order chi connectivity index (χ1) is 11.1. The number of nitrogens with zero attached hydrogens (tertiary/aromatic N) is 3. The molecule has 0 saturated carbocycles. The molecular weight excluding hydrogens is 295 g/mol. The quantitative estimate of drug-likeness (QED) is 0.565. The number of aromatic nitrogens is 3. The number of imidazole rings is 1. The maximum Gasteiger partial charge on any atom is 0.488 e. The molecule has 23 heavy (non-hydrogen) atoms. The molecule has 0 aliphatic rings. The van der Waals surface area contributed by atoms with Crippen molar-refractivity contribution in [2.45, 2.75) is 6.54 Å². The highest BCUT2D eigenvalue weighted by Crippen LogP contribution is 2.15. The highest BCUT2D eigenvalue weighted by Gasteiger charge is 2.12. The lowest BCUT2D eigenvalue weighted by Gasteiger charge is -2.07. The van der Waals surface area contributed by atoms with E-state index in [0.29, 0.717) is 23.2 Å². The van der Waals surface area contributed by atoms with Crippen molar-refractivity contribution in [1.29, 1.82) is 0 Å². The van der Waals surface area contributed by atoms with Crippen molar-refractivity contribution in [2.24, 2.45) is 0 Å². The number of rotatable bonds is 4. The van der Waals surface area contributed by atoms with E-state index in [0.717, 1.165) is 11.1 Å². The Bertz CT molecular complexity index is 846. The van der Waals surface area contributed by atoms with Crippen molar-refractivity contribution in [1.82, 2.24) is 19.9 Å². The molecule has 1 aromatic carbocycles. The number of carbonyl (C=O) groups is 1. The van der Waals surface area contributed by atoms with Gasteiger partial charge in [0.05, 0.1) is 18.0 Å². The molecule has 0 aliphatic heterocycles. The average Bonchev–Trinajstić information content (AvgIpc) is 2.97. The topological polar surface area (TPSA) is 100 Å². The number of benzene rings is 1. The van der Waals surface area contributed by atoms with Crippen LogP contribution in [0, 0.1) is 0 Å². The van der Waals surface area contributed by atoms with E-state index in [1.54, 1.807) is 37.8 Å². The van der Waals surface area contributed by atoms with Crippen LogP contribution in [0.5, 0.6) is 0 Å². The monoisotopic (exact) mass is 310 g/mol. The lowest BCUT2D eigenvalue weighted by Crippen LogP contribution is -2.29. The summed E-state index contributed by atoms with van der Waals surface area (Å²) in [5.74, 6) is -0.249. The molecule has 3 aromatic rings. The summed E-state index contributed by atoms with van der Waals surface area (Å²) in [6.45, 7) is 0.551. The fourth-order valence-electron chi connectivity index (χ4n) is 2.33. The van der Waals surface area contributed by atoms with Crippen LogP contribution in [0.4, 0.5) is 0 Å². The van der Waals surface area contributed by atoms with E-state index in [4.69, 9.17) is 10.0 Å². The zero-order valence-electron chi connectivity index (χ0n) is 12.5. The minimum absolute atomic E-state index is 0.249. The van der Waals surface area contributed by atoms with E-state index in [-0.39, 0.29) is 5.91 Å². The molecule has 1 amide bonds. The largest absolute Gasteiger partial charge is 0.488 e. The summed E-state index contributed by atoms with van der Waals surface area (Å²) in [7, 11) is 0.0853. The van der Waals surface area contributed by atoms with Gasteiger partial charge in [0.1, 0.15) is 11.2 Å². The number of amides is 1. The molecule has 0 aliphatic carbocycles. The maximum atomic E-state index is 11.7. The molecule has 0 fully saturated rings. The van der Waals surface area contributed by atoms with Crippen molar-refractivity contribution in [3.63, 3.8) is 0 Å². The van der Waals surface area contributed by atoms with Crippen molar-refractivity contribution >= 4 is 29.5 Å². The fraction of sp³-hybridized carbons (Fsp3) is 0.133. The number of carbonyl (C=O) groups excluding carboxylic acids is 1.